The highest BCUT2D eigenvalue weighted by molar-refractivity contribution is 7.88. The molecule has 114 valence electrons. The summed E-state index contributed by atoms with van der Waals surface area (Å²) >= 11 is 0. The molecule has 1 heterocycles. The molecule has 1 saturated heterocycles. The van der Waals surface area contributed by atoms with Crippen LogP contribution < -0.4 is 4.72 Å². The first-order valence-electron chi connectivity index (χ1n) is 6.75. The Morgan fingerprint density at radius 1 is 1.43 bits per heavy atom. The maximum absolute atomic E-state index is 12.0. The van der Waals surface area contributed by atoms with E-state index in [0.717, 1.165) is 13.1 Å². The van der Waals surface area contributed by atoms with E-state index in [4.69, 9.17) is 10.00 Å². The van der Waals surface area contributed by atoms with E-state index in [1.165, 1.54) is 0 Å². The molecule has 0 aromatic heterocycles. The van der Waals surface area contributed by atoms with Gasteiger partial charge in [-0.15, -0.1) is 0 Å². The normalized spacial score (nSPS) is 20.1. The molecule has 0 aliphatic carbocycles. The highest BCUT2D eigenvalue weighted by atomic mass is 32.2. The van der Waals surface area contributed by atoms with Crippen molar-refractivity contribution in [1.29, 1.82) is 5.26 Å². The lowest BCUT2D eigenvalue weighted by atomic mass is 10.2. The molecule has 1 aromatic rings. The van der Waals surface area contributed by atoms with Crippen LogP contribution >= 0.6 is 0 Å². The molecule has 1 aliphatic heterocycles. The number of nitrogens with one attached hydrogen (secondary N) is 1. The van der Waals surface area contributed by atoms with Gasteiger partial charge in [0.15, 0.2) is 0 Å². The summed E-state index contributed by atoms with van der Waals surface area (Å²) in [5, 5.41) is 8.71. The van der Waals surface area contributed by atoms with Gasteiger partial charge in [-0.2, -0.15) is 5.26 Å². The Bertz CT molecular complexity index is 607. The van der Waals surface area contributed by atoms with Crippen molar-refractivity contribution in [2.24, 2.45) is 0 Å². The molecule has 0 spiro atoms. The van der Waals surface area contributed by atoms with Crippen LogP contribution in [0.2, 0.25) is 0 Å². The Kier molecular flexibility index (Phi) is 5.31. The Morgan fingerprint density at radius 2 is 2.14 bits per heavy atom. The van der Waals surface area contributed by atoms with E-state index in [0.29, 0.717) is 17.7 Å². The van der Waals surface area contributed by atoms with Gasteiger partial charge < -0.3 is 9.64 Å². The number of nitrogens with zero attached hydrogens (tertiary/aromatic N) is 2. The average molecular weight is 309 g/mol. The second kappa shape index (κ2) is 7.00. The van der Waals surface area contributed by atoms with E-state index in [-0.39, 0.29) is 18.4 Å². The quantitative estimate of drug-likeness (QED) is 0.846. The molecular weight excluding hydrogens is 290 g/mol. The fraction of sp³-hybridized carbons (Fsp3) is 0.500. The van der Waals surface area contributed by atoms with Gasteiger partial charge in [-0.05, 0) is 24.7 Å². The zero-order valence-corrected chi connectivity index (χ0v) is 12.8. The van der Waals surface area contributed by atoms with E-state index < -0.39 is 10.0 Å². The second-order valence-electron chi connectivity index (χ2n) is 5.17. The van der Waals surface area contributed by atoms with Gasteiger partial charge in [-0.1, -0.05) is 12.1 Å². The number of rotatable bonds is 5. The number of likely N-dealkylation sites (N-methyl/N-ethyl adjacent to an activating group) is 1. The van der Waals surface area contributed by atoms with E-state index >= 15 is 0 Å². The molecule has 21 heavy (non-hydrogen) atoms. The zero-order valence-electron chi connectivity index (χ0n) is 11.9. The molecule has 1 fully saturated rings. The van der Waals surface area contributed by atoms with Crippen LogP contribution in [0.15, 0.2) is 24.3 Å². The fourth-order valence-corrected chi connectivity index (χ4v) is 3.33. The largest absolute Gasteiger partial charge is 0.374 e. The number of ether oxygens (including phenoxy) is 1. The van der Waals surface area contributed by atoms with Crippen LogP contribution in [0, 0.1) is 11.3 Å². The Hall–Kier alpha value is -1.46. The third kappa shape index (κ3) is 5.10. The minimum absolute atomic E-state index is 0.0960. The van der Waals surface area contributed by atoms with Crippen molar-refractivity contribution >= 4 is 10.0 Å². The van der Waals surface area contributed by atoms with E-state index in [2.05, 4.69) is 9.62 Å². The minimum atomic E-state index is -3.40. The van der Waals surface area contributed by atoms with Gasteiger partial charge in [0.1, 0.15) is 0 Å². The summed E-state index contributed by atoms with van der Waals surface area (Å²) in [6.07, 6.45) is -0.112. The summed E-state index contributed by atoms with van der Waals surface area (Å²) < 4.78 is 32.2. The molecule has 0 saturated carbocycles. The molecule has 7 heteroatoms. The molecule has 1 N–H and O–H groups in total. The standard InChI is InChI=1S/C14H19N3O3S/c1-17-6-7-20-14(10-17)9-16-21(18,19)11-13-4-2-12(8-15)3-5-13/h2-5,14,16H,6-7,9-11H2,1H3. The van der Waals surface area contributed by atoms with Crippen LogP contribution in [0.1, 0.15) is 11.1 Å². The summed E-state index contributed by atoms with van der Waals surface area (Å²) in [5.41, 5.74) is 1.17. The van der Waals surface area contributed by atoms with Gasteiger partial charge in [0.25, 0.3) is 0 Å². The smallest absolute Gasteiger partial charge is 0.215 e. The Balaban J connectivity index is 1.87. The van der Waals surface area contributed by atoms with Crippen molar-refractivity contribution in [2.45, 2.75) is 11.9 Å². The molecule has 1 atom stereocenters. The van der Waals surface area contributed by atoms with Gasteiger partial charge in [-0.3, -0.25) is 0 Å². The lowest BCUT2D eigenvalue weighted by Crippen LogP contribution is -2.46. The first-order valence-corrected chi connectivity index (χ1v) is 8.40. The topological polar surface area (TPSA) is 82.4 Å². The maximum Gasteiger partial charge on any atom is 0.215 e. The Labute approximate surface area is 125 Å². The number of hydrogen-bond donors (Lipinski definition) is 1. The predicted molar refractivity (Wildman–Crippen MR) is 79.0 cm³/mol. The van der Waals surface area contributed by atoms with Crippen molar-refractivity contribution in [3.8, 4) is 6.07 Å². The number of nitriles is 1. The molecule has 6 nitrogen and oxygen atoms in total. The lowest BCUT2D eigenvalue weighted by molar-refractivity contribution is -0.0156. The first-order chi connectivity index (χ1) is 9.98. The van der Waals surface area contributed by atoms with Crippen LogP contribution in [-0.4, -0.2) is 52.7 Å². The van der Waals surface area contributed by atoms with Crippen molar-refractivity contribution in [3.05, 3.63) is 35.4 Å². The molecule has 1 unspecified atom stereocenters. The van der Waals surface area contributed by atoms with Crippen LogP contribution in [0.4, 0.5) is 0 Å². The molecule has 0 amide bonds. The summed E-state index contributed by atoms with van der Waals surface area (Å²) in [4.78, 5) is 2.11. The second-order valence-corrected chi connectivity index (χ2v) is 6.98. The maximum atomic E-state index is 12.0. The zero-order chi connectivity index (χ0) is 15.3. The van der Waals surface area contributed by atoms with Crippen molar-refractivity contribution in [1.82, 2.24) is 9.62 Å². The number of morpholine rings is 1. The van der Waals surface area contributed by atoms with Gasteiger partial charge in [0.2, 0.25) is 10.0 Å². The summed E-state index contributed by atoms with van der Waals surface area (Å²) in [7, 11) is -1.42. The highest BCUT2D eigenvalue weighted by Gasteiger charge is 2.20. The molecule has 0 radical (unpaired) electrons. The van der Waals surface area contributed by atoms with Crippen molar-refractivity contribution in [2.75, 3.05) is 33.3 Å². The summed E-state index contributed by atoms with van der Waals surface area (Å²) in [5.74, 6) is -0.0960. The number of hydrogen-bond acceptors (Lipinski definition) is 5. The lowest BCUT2D eigenvalue weighted by Gasteiger charge is -2.30. The molecule has 0 bridgehead atoms. The van der Waals surface area contributed by atoms with E-state index in [1.54, 1.807) is 24.3 Å². The summed E-state index contributed by atoms with van der Waals surface area (Å²) in [6, 6.07) is 8.54. The van der Waals surface area contributed by atoms with Crippen molar-refractivity contribution < 1.29 is 13.2 Å². The van der Waals surface area contributed by atoms with E-state index in [1.807, 2.05) is 13.1 Å². The number of benzene rings is 1. The number of sulfonamides is 1. The first kappa shape index (κ1) is 15.9. The van der Waals surface area contributed by atoms with Gasteiger partial charge in [0.05, 0.1) is 30.1 Å². The van der Waals surface area contributed by atoms with Gasteiger partial charge >= 0.3 is 0 Å². The van der Waals surface area contributed by atoms with Crippen LogP contribution in [0.3, 0.4) is 0 Å². The predicted octanol–water partition coefficient (Wildman–Crippen LogP) is 0.308. The fourth-order valence-electron chi connectivity index (χ4n) is 2.16. The molecular formula is C14H19N3O3S. The van der Waals surface area contributed by atoms with Crippen molar-refractivity contribution in [3.63, 3.8) is 0 Å². The minimum Gasteiger partial charge on any atom is -0.374 e. The molecule has 2 rings (SSSR count). The SMILES string of the molecule is CN1CCOC(CNS(=O)(=O)Cc2ccc(C#N)cc2)C1. The third-order valence-corrected chi connectivity index (χ3v) is 4.63. The van der Waals surface area contributed by atoms with Crippen LogP contribution in [-0.2, 0) is 20.5 Å². The Morgan fingerprint density at radius 3 is 2.76 bits per heavy atom. The average Bonchev–Trinajstić information content (AvgIpc) is 2.46. The monoisotopic (exact) mass is 309 g/mol. The third-order valence-electron chi connectivity index (χ3n) is 3.31. The van der Waals surface area contributed by atoms with E-state index in [9.17, 15) is 8.42 Å². The molecule has 1 aromatic carbocycles. The van der Waals surface area contributed by atoms with Crippen LogP contribution in [0.5, 0.6) is 0 Å². The highest BCUT2D eigenvalue weighted by Crippen LogP contribution is 2.08. The van der Waals surface area contributed by atoms with Gasteiger partial charge in [-0.25, -0.2) is 13.1 Å². The van der Waals surface area contributed by atoms with Crippen LogP contribution in [0.25, 0.3) is 0 Å². The summed E-state index contributed by atoms with van der Waals surface area (Å²) in [6.45, 7) is 2.50. The molecule has 1 aliphatic rings. The van der Waals surface area contributed by atoms with Gasteiger partial charge in [0, 0.05) is 19.6 Å².